The van der Waals surface area contributed by atoms with Crippen LogP contribution in [-0.4, -0.2) is 32.3 Å². The highest BCUT2D eigenvalue weighted by Gasteiger charge is 2.26. The number of fused-ring (bicyclic) bond motifs is 2. The van der Waals surface area contributed by atoms with E-state index in [-0.39, 0.29) is 11.7 Å². The second-order valence-corrected chi connectivity index (χ2v) is 8.67. The first-order chi connectivity index (χ1) is 12.6. The average Bonchev–Trinajstić information content (AvgIpc) is 3.23. The molecular weight excluding hydrogens is 370 g/mol. The van der Waals surface area contributed by atoms with E-state index in [0.29, 0.717) is 10.6 Å². The quantitative estimate of drug-likeness (QED) is 0.762. The minimum absolute atomic E-state index is 0.150. The summed E-state index contributed by atoms with van der Waals surface area (Å²) in [5, 5.41) is 12.7. The van der Waals surface area contributed by atoms with E-state index in [1.165, 1.54) is 34.4 Å². The first-order valence-electron chi connectivity index (χ1n) is 8.92. The number of thiophene rings is 1. The lowest BCUT2D eigenvalue weighted by Crippen LogP contribution is -2.19. The van der Waals surface area contributed by atoms with E-state index in [2.05, 4.69) is 20.1 Å². The molecule has 1 aliphatic carbocycles. The van der Waals surface area contributed by atoms with Gasteiger partial charge in [0.15, 0.2) is 5.16 Å². The van der Waals surface area contributed by atoms with Crippen LogP contribution in [-0.2, 0) is 30.6 Å². The van der Waals surface area contributed by atoms with E-state index in [1.54, 1.807) is 0 Å². The van der Waals surface area contributed by atoms with E-state index in [0.717, 1.165) is 61.6 Å². The van der Waals surface area contributed by atoms with Gasteiger partial charge in [-0.1, -0.05) is 18.2 Å². The molecule has 138 valence electrons. The Morgan fingerprint density at radius 2 is 2.04 bits per heavy atom. The van der Waals surface area contributed by atoms with Gasteiger partial charge in [-0.3, -0.25) is 9.59 Å². The molecule has 0 aromatic carbocycles. The first-order valence-corrected chi connectivity index (χ1v) is 10.7. The standard InChI is InChI=1S/C17H21N5O2S2/c18-15(24)14-10-5-4-6-11(10)26-16(14)19-13(23)9-25-17-21-20-12-7-2-1-3-8-22(12)17/h1-9H2,(H2,18,24)(H,19,23). The topological polar surface area (TPSA) is 103 Å². The molecule has 26 heavy (non-hydrogen) atoms. The zero-order valence-electron chi connectivity index (χ0n) is 14.4. The maximum absolute atomic E-state index is 12.4. The van der Waals surface area contributed by atoms with Gasteiger partial charge in [-0.15, -0.1) is 21.5 Å². The summed E-state index contributed by atoms with van der Waals surface area (Å²) >= 11 is 2.87. The van der Waals surface area contributed by atoms with E-state index in [4.69, 9.17) is 5.73 Å². The van der Waals surface area contributed by atoms with E-state index in [1.807, 2.05) is 0 Å². The van der Waals surface area contributed by atoms with Crippen LogP contribution in [0.5, 0.6) is 0 Å². The normalized spacial score (nSPS) is 16.0. The van der Waals surface area contributed by atoms with E-state index < -0.39 is 5.91 Å². The van der Waals surface area contributed by atoms with Crippen molar-refractivity contribution in [1.82, 2.24) is 14.8 Å². The molecule has 0 fully saturated rings. The maximum Gasteiger partial charge on any atom is 0.251 e. The fourth-order valence-corrected chi connectivity index (χ4v) is 5.71. The molecule has 0 atom stereocenters. The molecule has 7 nitrogen and oxygen atoms in total. The highest BCUT2D eigenvalue weighted by atomic mass is 32.2. The molecule has 1 aliphatic heterocycles. The van der Waals surface area contributed by atoms with Crippen LogP contribution in [0.1, 0.15) is 52.3 Å². The van der Waals surface area contributed by atoms with Crippen molar-refractivity contribution in [2.45, 2.75) is 56.6 Å². The summed E-state index contributed by atoms with van der Waals surface area (Å²) < 4.78 is 2.12. The van der Waals surface area contributed by atoms with Gasteiger partial charge >= 0.3 is 0 Å². The lowest BCUT2D eigenvalue weighted by Gasteiger charge is -2.07. The predicted octanol–water partition coefficient (Wildman–Crippen LogP) is 2.38. The van der Waals surface area contributed by atoms with Gasteiger partial charge in [0.2, 0.25) is 5.91 Å². The first kappa shape index (κ1) is 17.5. The summed E-state index contributed by atoms with van der Waals surface area (Å²) in [4.78, 5) is 25.4. The smallest absolute Gasteiger partial charge is 0.251 e. The highest BCUT2D eigenvalue weighted by Crippen LogP contribution is 2.38. The van der Waals surface area contributed by atoms with Gasteiger partial charge in [-0.25, -0.2) is 0 Å². The molecular formula is C17H21N5O2S2. The van der Waals surface area contributed by atoms with Crippen molar-refractivity contribution in [3.63, 3.8) is 0 Å². The second-order valence-electron chi connectivity index (χ2n) is 6.62. The number of primary amides is 1. The van der Waals surface area contributed by atoms with Gasteiger partial charge < -0.3 is 15.6 Å². The summed E-state index contributed by atoms with van der Waals surface area (Å²) in [6, 6.07) is 0. The van der Waals surface area contributed by atoms with Gasteiger partial charge in [0.05, 0.1) is 11.3 Å². The molecule has 4 rings (SSSR count). The van der Waals surface area contributed by atoms with Crippen molar-refractivity contribution in [3.05, 3.63) is 21.8 Å². The Kier molecular flexibility index (Phi) is 4.99. The summed E-state index contributed by atoms with van der Waals surface area (Å²) in [5.74, 6) is 0.633. The number of hydrogen-bond donors (Lipinski definition) is 2. The van der Waals surface area contributed by atoms with Crippen molar-refractivity contribution in [1.29, 1.82) is 0 Å². The average molecular weight is 392 g/mol. The molecule has 2 aromatic heterocycles. The van der Waals surface area contributed by atoms with Crippen LogP contribution >= 0.6 is 23.1 Å². The van der Waals surface area contributed by atoms with Crippen molar-refractivity contribution in [3.8, 4) is 0 Å². The van der Waals surface area contributed by atoms with E-state index >= 15 is 0 Å². The summed E-state index contributed by atoms with van der Waals surface area (Å²) in [7, 11) is 0. The summed E-state index contributed by atoms with van der Waals surface area (Å²) in [6.45, 7) is 0.912. The third-order valence-electron chi connectivity index (χ3n) is 4.83. The zero-order valence-corrected chi connectivity index (χ0v) is 16.0. The lowest BCUT2D eigenvalue weighted by molar-refractivity contribution is -0.113. The molecule has 3 heterocycles. The molecule has 0 saturated carbocycles. The van der Waals surface area contributed by atoms with Crippen LogP contribution in [0.4, 0.5) is 5.00 Å². The Labute approximate surface area is 159 Å². The molecule has 9 heteroatoms. The number of nitrogens with zero attached hydrogens (tertiary/aromatic N) is 3. The second kappa shape index (κ2) is 7.40. The molecule has 2 amide bonds. The fraction of sp³-hybridized carbons (Fsp3) is 0.529. The van der Waals surface area contributed by atoms with Crippen LogP contribution < -0.4 is 11.1 Å². The molecule has 3 N–H and O–H groups in total. The Hall–Kier alpha value is -1.87. The van der Waals surface area contributed by atoms with Gasteiger partial charge in [0, 0.05) is 17.8 Å². The number of nitrogens with one attached hydrogen (secondary N) is 1. The minimum Gasteiger partial charge on any atom is -0.365 e. The molecule has 0 radical (unpaired) electrons. The van der Waals surface area contributed by atoms with Gasteiger partial charge in [-0.2, -0.15) is 0 Å². The fourth-order valence-electron chi connectivity index (χ4n) is 3.61. The number of anilines is 1. The Balaban J connectivity index is 1.43. The zero-order chi connectivity index (χ0) is 18.1. The SMILES string of the molecule is NC(=O)c1c(NC(=O)CSc2nnc3n2CCCCC3)sc2c1CCC2. The van der Waals surface area contributed by atoms with Crippen molar-refractivity contribution >= 4 is 39.9 Å². The molecule has 0 bridgehead atoms. The number of thioether (sulfide) groups is 1. The monoisotopic (exact) mass is 391 g/mol. The van der Waals surface area contributed by atoms with Crippen molar-refractivity contribution in [2.75, 3.05) is 11.1 Å². The minimum atomic E-state index is -0.463. The van der Waals surface area contributed by atoms with Gasteiger partial charge in [0.1, 0.15) is 10.8 Å². The number of carbonyl (C=O) groups is 2. The van der Waals surface area contributed by atoms with Crippen LogP contribution in [0.25, 0.3) is 0 Å². The number of aryl methyl sites for hydroxylation is 2. The maximum atomic E-state index is 12.4. The third-order valence-corrected chi connectivity index (χ3v) is 7.00. The van der Waals surface area contributed by atoms with E-state index in [9.17, 15) is 9.59 Å². The molecule has 0 saturated heterocycles. The number of nitrogens with two attached hydrogens (primary N) is 1. The lowest BCUT2D eigenvalue weighted by atomic mass is 10.1. The molecule has 0 unspecified atom stereocenters. The van der Waals surface area contributed by atoms with Crippen molar-refractivity contribution in [2.24, 2.45) is 5.73 Å². The number of amides is 2. The largest absolute Gasteiger partial charge is 0.365 e. The van der Waals surface area contributed by atoms with Crippen LogP contribution in [0, 0.1) is 0 Å². The van der Waals surface area contributed by atoms with Crippen LogP contribution in [0.3, 0.4) is 0 Å². The number of rotatable bonds is 5. The Morgan fingerprint density at radius 1 is 1.15 bits per heavy atom. The number of hydrogen-bond acceptors (Lipinski definition) is 6. The molecule has 0 spiro atoms. The highest BCUT2D eigenvalue weighted by molar-refractivity contribution is 7.99. The number of aromatic nitrogens is 3. The van der Waals surface area contributed by atoms with Crippen LogP contribution in [0.2, 0.25) is 0 Å². The third kappa shape index (κ3) is 3.37. The summed E-state index contributed by atoms with van der Waals surface area (Å²) in [5.41, 5.74) is 7.06. The summed E-state index contributed by atoms with van der Waals surface area (Å²) in [6.07, 6.45) is 7.27. The molecule has 2 aromatic rings. The molecule has 2 aliphatic rings. The predicted molar refractivity (Wildman–Crippen MR) is 102 cm³/mol. The van der Waals surface area contributed by atoms with Gasteiger partial charge in [0.25, 0.3) is 5.91 Å². The Bertz CT molecular complexity index is 858. The Morgan fingerprint density at radius 3 is 2.88 bits per heavy atom. The number of carbonyl (C=O) groups excluding carboxylic acids is 2. The van der Waals surface area contributed by atoms with Gasteiger partial charge in [-0.05, 0) is 37.7 Å². The van der Waals surface area contributed by atoms with Crippen LogP contribution in [0.15, 0.2) is 5.16 Å². The van der Waals surface area contributed by atoms with Crippen molar-refractivity contribution < 1.29 is 9.59 Å².